The molecular weight excluding hydrogens is 322 g/mol. The Hall–Kier alpha value is -3.61. The number of amides is 2. The predicted molar refractivity (Wildman–Crippen MR) is 92.4 cm³/mol. The maximum absolute atomic E-state index is 11.7. The maximum atomic E-state index is 11.7. The normalized spacial score (nSPS) is 10.9. The monoisotopic (exact) mass is 337 g/mol. The van der Waals surface area contributed by atoms with Gasteiger partial charge in [-0.05, 0) is 29.0 Å². The van der Waals surface area contributed by atoms with E-state index in [0.29, 0.717) is 5.56 Å². The molecule has 0 aliphatic carbocycles. The van der Waals surface area contributed by atoms with Crippen LogP contribution in [0.5, 0.6) is 5.75 Å². The van der Waals surface area contributed by atoms with E-state index >= 15 is 0 Å². The van der Waals surface area contributed by atoms with Crippen molar-refractivity contribution in [1.82, 2.24) is 10.7 Å². The van der Waals surface area contributed by atoms with Crippen LogP contribution in [0.15, 0.2) is 64.3 Å². The van der Waals surface area contributed by atoms with Crippen molar-refractivity contribution in [3.05, 3.63) is 66.1 Å². The van der Waals surface area contributed by atoms with E-state index in [1.807, 2.05) is 24.3 Å². The summed E-state index contributed by atoms with van der Waals surface area (Å²) in [6.07, 6.45) is 2.74. The molecular formula is C18H15N3O4. The number of furan rings is 1. The van der Waals surface area contributed by atoms with Crippen LogP contribution in [-0.4, -0.2) is 29.7 Å². The van der Waals surface area contributed by atoms with E-state index in [1.54, 1.807) is 18.2 Å². The van der Waals surface area contributed by atoms with Crippen LogP contribution in [0, 0.1) is 0 Å². The minimum absolute atomic E-state index is 0.0582. The fourth-order valence-electron chi connectivity index (χ4n) is 2.28. The molecule has 0 aliphatic rings. The van der Waals surface area contributed by atoms with Crippen molar-refractivity contribution in [3.63, 3.8) is 0 Å². The summed E-state index contributed by atoms with van der Waals surface area (Å²) >= 11 is 0. The zero-order chi connectivity index (χ0) is 17.6. The molecule has 126 valence electrons. The van der Waals surface area contributed by atoms with Gasteiger partial charge in [-0.1, -0.05) is 30.3 Å². The molecule has 0 fully saturated rings. The topological polar surface area (TPSA) is 104 Å². The molecule has 0 spiro atoms. The highest BCUT2D eigenvalue weighted by atomic mass is 16.3. The third-order valence-electron chi connectivity index (χ3n) is 3.49. The van der Waals surface area contributed by atoms with Gasteiger partial charge in [-0.25, -0.2) is 5.43 Å². The third kappa shape index (κ3) is 3.84. The van der Waals surface area contributed by atoms with E-state index in [4.69, 9.17) is 4.42 Å². The van der Waals surface area contributed by atoms with Gasteiger partial charge in [0, 0.05) is 5.56 Å². The molecule has 25 heavy (non-hydrogen) atoms. The number of benzene rings is 2. The number of carbonyl (C=O) groups excluding carboxylic acids is 2. The van der Waals surface area contributed by atoms with Gasteiger partial charge in [0.25, 0.3) is 11.8 Å². The van der Waals surface area contributed by atoms with Gasteiger partial charge in [-0.2, -0.15) is 5.10 Å². The second-order valence-electron chi connectivity index (χ2n) is 5.17. The summed E-state index contributed by atoms with van der Waals surface area (Å²) < 4.78 is 4.92. The first-order valence-corrected chi connectivity index (χ1v) is 7.49. The number of nitrogens with one attached hydrogen (secondary N) is 2. The number of hydrogen-bond acceptors (Lipinski definition) is 5. The largest absolute Gasteiger partial charge is 0.507 e. The van der Waals surface area contributed by atoms with Crippen molar-refractivity contribution < 1.29 is 19.1 Å². The number of carbonyl (C=O) groups is 2. The molecule has 1 heterocycles. The van der Waals surface area contributed by atoms with E-state index in [-0.39, 0.29) is 18.1 Å². The van der Waals surface area contributed by atoms with Gasteiger partial charge in [0.2, 0.25) is 0 Å². The van der Waals surface area contributed by atoms with Crippen molar-refractivity contribution in [2.24, 2.45) is 5.10 Å². The van der Waals surface area contributed by atoms with Crippen LogP contribution in [-0.2, 0) is 4.79 Å². The zero-order valence-corrected chi connectivity index (χ0v) is 13.1. The van der Waals surface area contributed by atoms with Gasteiger partial charge in [-0.3, -0.25) is 9.59 Å². The summed E-state index contributed by atoms with van der Waals surface area (Å²) in [5, 5.41) is 18.0. The highest BCUT2D eigenvalue weighted by molar-refractivity contribution is 6.02. The first kappa shape index (κ1) is 16.3. The second kappa shape index (κ2) is 7.31. The summed E-state index contributed by atoms with van der Waals surface area (Å²) in [5.41, 5.74) is 2.80. The third-order valence-corrected chi connectivity index (χ3v) is 3.49. The van der Waals surface area contributed by atoms with Crippen molar-refractivity contribution in [3.8, 4) is 5.75 Å². The van der Waals surface area contributed by atoms with Crippen LogP contribution < -0.4 is 10.7 Å². The van der Waals surface area contributed by atoms with E-state index in [9.17, 15) is 14.7 Å². The van der Waals surface area contributed by atoms with Crippen LogP contribution in [0.2, 0.25) is 0 Å². The first-order chi connectivity index (χ1) is 12.1. The molecule has 0 saturated carbocycles. The molecule has 7 nitrogen and oxygen atoms in total. The number of phenols is 1. The Morgan fingerprint density at radius 1 is 1.12 bits per heavy atom. The molecule has 2 aromatic carbocycles. The van der Waals surface area contributed by atoms with Crippen molar-refractivity contribution >= 4 is 28.8 Å². The number of nitrogens with zero attached hydrogens (tertiary/aromatic N) is 1. The maximum Gasteiger partial charge on any atom is 0.287 e. The standard InChI is InChI=1S/C18H15N3O4/c22-15-8-7-12-4-1-2-5-13(12)14(15)10-20-21-17(23)11-19-18(24)16-6-3-9-25-16/h1-10,22H,11H2,(H,19,24)(H,21,23)/b20-10-. The molecule has 2 amide bonds. The molecule has 0 radical (unpaired) electrons. The Labute approximate surface area is 143 Å². The van der Waals surface area contributed by atoms with Gasteiger partial charge in [-0.15, -0.1) is 0 Å². The van der Waals surface area contributed by atoms with Crippen LogP contribution in [0.1, 0.15) is 16.1 Å². The van der Waals surface area contributed by atoms with Gasteiger partial charge in [0.05, 0.1) is 19.0 Å². The average Bonchev–Trinajstić information content (AvgIpc) is 3.16. The van der Waals surface area contributed by atoms with E-state index in [2.05, 4.69) is 15.8 Å². The molecule has 1 aromatic heterocycles. The lowest BCUT2D eigenvalue weighted by Crippen LogP contribution is -2.34. The van der Waals surface area contributed by atoms with Crippen molar-refractivity contribution in [2.75, 3.05) is 6.54 Å². The van der Waals surface area contributed by atoms with Crippen molar-refractivity contribution in [1.29, 1.82) is 0 Å². The van der Waals surface area contributed by atoms with E-state index in [1.165, 1.54) is 18.5 Å². The predicted octanol–water partition coefficient (Wildman–Crippen LogP) is 2.02. The highest BCUT2D eigenvalue weighted by Crippen LogP contribution is 2.25. The number of rotatable bonds is 5. The Morgan fingerprint density at radius 2 is 1.96 bits per heavy atom. The number of phenolic OH excluding ortho intramolecular Hbond substituents is 1. The molecule has 3 aromatic rings. The summed E-state index contributed by atoms with van der Waals surface area (Å²) in [4.78, 5) is 23.4. The zero-order valence-electron chi connectivity index (χ0n) is 13.1. The molecule has 0 atom stereocenters. The van der Waals surface area contributed by atoms with Gasteiger partial charge in [0.15, 0.2) is 5.76 Å². The molecule has 0 saturated heterocycles. The average molecular weight is 337 g/mol. The number of fused-ring (bicyclic) bond motifs is 1. The van der Waals surface area contributed by atoms with Crippen LogP contribution in [0.4, 0.5) is 0 Å². The highest BCUT2D eigenvalue weighted by Gasteiger charge is 2.10. The molecule has 3 rings (SSSR count). The fourth-order valence-corrected chi connectivity index (χ4v) is 2.28. The smallest absolute Gasteiger partial charge is 0.287 e. The quantitative estimate of drug-likeness (QED) is 0.489. The lowest BCUT2D eigenvalue weighted by molar-refractivity contribution is -0.120. The molecule has 0 unspecified atom stereocenters. The van der Waals surface area contributed by atoms with Crippen LogP contribution >= 0.6 is 0 Å². The Bertz CT molecular complexity index is 933. The summed E-state index contributed by atoms with van der Waals surface area (Å²) in [5.74, 6) is -0.813. The summed E-state index contributed by atoms with van der Waals surface area (Å²) in [6.45, 7) is -0.252. The first-order valence-electron chi connectivity index (χ1n) is 7.49. The molecule has 3 N–H and O–H groups in total. The Balaban J connectivity index is 1.61. The minimum atomic E-state index is -0.504. The molecule has 0 aliphatic heterocycles. The van der Waals surface area contributed by atoms with Crippen molar-refractivity contribution in [2.45, 2.75) is 0 Å². The lowest BCUT2D eigenvalue weighted by Gasteiger charge is -2.05. The van der Waals surface area contributed by atoms with Crippen LogP contribution in [0.3, 0.4) is 0 Å². The molecule has 7 heteroatoms. The van der Waals surface area contributed by atoms with Crippen LogP contribution in [0.25, 0.3) is 10.8 Å². The Kier molecular flexibility index (Phi) is 4.75. The lowest BCUT2D eigenvalue weighted by atomic mass is 10.0. The molecule has 0 bridgehead atoms. The number of aromatic hydroxyl groups is 1. The summed E-state index contributed by atoms with van der Waals surface area (Å²) in [6, 6.07) is 13.9. The fraction of sp³-hybridized carbons (Fsp3) is 0.0556. The van der Waals surface area contributed by atoms with Gasteiger partial charge in [0.1, 0.15) is 5.75 Å². The van der Waals surface area contributed by atoms with Gasteiger partial charge >= 0.3 is 0 Å². The summed E-state index contributed by atoms with van der Waals surface area (Å²) in [7, 11) is 0. The van der Waals surface area contributed by atoms with E-state index in [0.717, 1.165) is 10.8 Å². The Morgan fingerprint density at radius 3 is 2.76 bits per heavy atom. The minimum Gasteiger partial charge on any atom is -0.507 e. The number of hydrogen-bond donors (Lipinski definition) is 3. The second-order valence-corrected chi connectivity index (χ2v) is 5.17. The SMILES string of the molecule is O=C(CNC(=O)c1ccco1)N/N=C\c1c(O)ccc2ccccc12. The van der Waals surface area contributed by atoms with Gasteiger partial charge < -0.3 is 14.8 Å². The number of hydrazone groups is 1. The van der Waals surface area contributed by atoms with E-state index < -0.39 is 11.8 Å².